The molecule has 0 saturated heterocycles. The van der Waals surface area contributed by atoms with Gasteiger partial charge >= 0.3 is 0 Å². The van der Waals surface area contributed by atoms with Crippen molar-refractivity contribution < 1.29 is 9.18 Å². The minimum Gasteiger partial charge on any atom is -0.353 e. The lowest BCUT2D eigenvalue weighted by molar-refractivity contribution is -0.119. The summed E-state index contributed by atoms with van der Waals surface area (Å²) >= 11 is 2.58. The SMILES string of the molecule is C[C@@H](NC(=O)CSc1nc2scc(-c3ccc(F)cc3)c2c(=O)[nH]1)C1CC1. The third-order valence-corrected chi connectivity index (χ3v) is 6.38. The standard InChI is InChI=1S/C19H18FN3O2S2/c1-10(11-2-3-11)21-15(24)9-27-19-22-17(25)16-14(8-26-18(16)23-19)12-4-6-13(20)7-5-12/h4-8,10-11H,2-3,9H2,1H3,(H,21,24)(H,22,23,25)/t10-/m1/s1. The molecule has 0 aliphatic heterocycles. The summed E-state index contributed by atoms with van der Waals surface area (Å²) in [7, 11) is 0. The average Bonchev–Trinajstić information content (AvgIpc) is 3.41. The van der Waals surface area contributed by atoms with Gasteiger partial charge in [-0.1, -0.05) is 23.9 Å². The quantitative estimate of drug-likeness (QED) is 0.485. The zero-order valence-corrected chi connectivity index (χ0v) is 16.3. The fourth-order valence-corrected chi connectivity index (χ4v) is 4.66. The number of carbonyl (C=O) groups is 1. The second-order valence-electron chi connectivity index (χ2n) is 6.69. The first-order valence-electron chi connectivity index (χ1n) is 8.71. The molecule has 1 aliphatic rings. The Balaban J connectivity index is 1.51. The van der Waals surface area contributed by atoms with Gasteiger partial charge in [-0.2, -0.15) is 0 Å². The molecule has 4 rings (SSSR count). The van der Waals surface area contributed by atoms with Crippen molar-refractivity contribution in [2.75, 3.05) is 5.75 Å². The fraction of sp³-hybridized carbons (Fsp3) is 0.316. The van der Waals surface area contributed by atoms with Crippen LogP contribution >= 0.6 is 23.1 Å². The number of H-pyrrole nitrogens is 1. The third-order valence-electron chi connectivity index (χ3n) is 4.64. The van der Waals surface area contributed by atoms with Gasteiger partial charge in [-0.15, -0.1) is 11.3 Å². The van der Waals surface area contributed by atoms with E-state index in [1.165, 1.54) is 48.1 Å². The Labute approximate surface area is 163 Å². The van der Waals surface area contributed by atoms with Crippen molar-refractivity contribution in [1.29, 1.82) is 0 Å². The van der Waals surface area contributed by atoms with Gasteiger partial charge in [-0.05, 0) is 43.4 Å². The number of thioether (sulfide) groups is 1. The second-order valence-corrected chi connectivity index (χ2v) is 8.51. The largest absolute Gasteiger partial charge is 0.353 e. The predicted molar refractivity (Wildman–Crippen MR) is 107 cm³/mol. The van der Waals surface area contributed by atoms with E-state index in [0.717, 1.165) is 11.1 Å². The van der Waals surface area contributed by atoms with Gasteiger partial charge in [-0.3, -0.25) is 9.59 Å². The van der Waals surface area contributed by atoms with Crippen LogP contribution in [0.15, 0.2) is 39.6 Å². The zero-order chi connectivity index (χ0) is 19.0. The van der Waals surface area contributed by atoms with Crippen molar-refractivity contribution in [3.05, 3.63) is 45.8 Å². The first-order valence-corrected chi connectivity index (χ1v) is 10.6. The number of rotatable bonds is 6. The zero-order valence-electron chi connectivity index (χ0n) is 14.6. The summed E-state index contributed by atoms with van der Waals surface area (Å²) in [6.07, 6.45) is 2.35. The van der Waals surface area contributed by atoms with Crippen LogP contribution in [-0.2, 0) is 4.79 Å². The van der Waals surface area contributed by atoms with E-state index in [-0.39, 0.29) is 29.1 Å². The van der Waals surface area contributed by atoms with Crippen molar-refractivity contribution in [2.24, 2.45) is 5.92 Å². The molecule has 1 aromatic carbocycles. The number of aromatic nitrogens is 2. The number of carbonyl (C=O) groups excluding carboxylic acids is 1. The number of hydrogen-bond donors (Lipinski definition) is 2. The van der Waals surface area contributed by atoms with E-state index in [1.54, 1.807) is 12.1 Å². The van der Waals surface area contributed by atoms with Gasteiger partial charge in [-0.25, -0.2) is 9.37 Å². The molecule has 0 bridgehead atoms. The Morgan fingerprint density at radius 2 is 2.15 bits per heavy atom. The van der Waals surface area contributed by atoms with E-state index in [1.807, 2.05) is 12.3 Å². The molecule has 0 spiro atoms. The molecule has 0 unspecified atom stereocenters. The van der Waals surface area contributed by atoms with Crippen LogP contribution in [-0.4, -0.2) is 27.7 Å². The summed E-state index contributed by atoms with van der Waals surface area (Å²) in [5, 5.41) is 5.75. The highest BCUT2D eigenvalue weighted by Crippen LogP contribution is 2.33. The highest BCUT2D eigenvalue weighted by Gasteiger charge is 2.28. The molecule has 2 N–H and O–H groups in total. The van der Waals surface area contributed by atoms with Crippen molar-refractivity contribution in [3.63, 3.8) is 0 Å². The van der Waals surface area contributed by atoms with Crippen molar-refractivity contribution in [1.82, 2.24) is 15.3 Å². The van der Waals surface area contributed by atoms with Gasteiger partial charge < -0.3 is 10.3 Å². The molecule has 0 radical (unpaired) electrons. The molecular formula is C19H18FN3O2S2. The van der Waals surface area contributed by atoms with Gasteiger partial charge in [0, 0.05) is 17.0 Å². The first-order chi connectivity index (χ1) is 13.0. The molecule has 1 fully saturated rings. The van der Waals surface area contributed by atoms with Crippen molar-refractivity contribution >= 4 is 39.2 Å². The highest BCUT2D eigenvalue weighted by atomic mass is 32.2. The van der Waals surface area contributed by atoms with Gasteiger partial charge in [0.05, 0.1) is 11.1 Å². The third kappa shape index (κ3) is 4.06. The highest BCUT2D eigenvalue weighted by molar-refractivity contribution is 7.99. The summed E-state index contributed by atoms with van der Waals surface area (Å²) in [6.45, 7) is 2.02. The average molecular weight is 404 g/mol. The Bertz CT molecular complexity index is 1040. The lowest BCUT2D eigenvalue weighted by atomic mass is 10.1. The van der Waals surface area contributed by atoms with E-state index in [2.05, 4.69) is 15.3 Å². The van der Waals surface area contributed by atoms with Crippen LogP contribution in [0, 0.1) is 11.7 Å². The van der Waals surface area contributed by atoms with Gasteiger partial charge in [0.15, 0.2) is 5.16 Å². The Morgan fingerprint density at radius 3 is 2.85 bits per heavy atom. The number of nitrogens with zero attached hydrogens (tertiary/aromatic N) is 1. The molecule has 1 amide bonds. The maximum atomic E-state index is 13.1. The predicted octanol–water partition coefficient (Wildman–Crippen LogP) is 3.80. The Hall–Kier alpha value is -2.19. The lowest BCUT2D eigenvalue weighted by Crippen LogP contribution is -2.35. The fourth-order valence-electron chi connectivity index (χ4n) is 2.98. The number of fused-ring (bicyclic) bond motifs is 1. The van der Waals surface area contributed by atoms with Crippen LogP contribution in [0.3, 0.4) is 0 Å². The number of nitrogens with one attached hydrogen (secondary N) is 2. The molecule has 1 saturated carbocycles. The number of thiophene rings is 1. The van der Waals surface area contributed by atoms with E-state index >= 15 is 0 Å². The minimum atomic E-state index is -0.321. The molecule has 140 valence electrons. The summed E-state index contributed by atoms with van der Waals surface area (Å²) in [5.41, 5.74) is 1.25. The number of benzene rings is 1. The molecule has 8 heteroatoms. The number of aromatic amines is 1. The molecule has 2 aromatic heterocycles. The summed E-state index contributed by atoms with van der Waals surface area (Å²) in [5.74, 6) is 0.435. The Kier molecular flexibility index (Phi) is 5.01. The molecule has 1 atom stereocenters. The van der Waals surface area contributed by atoms with Crippen LogP contribution in [0.4, 0.5) is 4.39 Å². The summed E-state index contributed by atoms with van der Waals surface area (Å²) in [6, 6.07) is 6.22. The molecule has 27 heavy (non-hydrogen) atoms. The lowest BCUT2D eigenvalue weighted by Gasteiger charge is -2.12. The van der Waals surface area contributed by atoms with Crippen molar-refractivity contribution in [2.45, 2.75) is 31.0 Å². The molecule has 3 aromatic rings. The smallest absolute Gasteiger partial charge is 0.260 e. The van der Waals surface area contributed by atoms with E-state index in [0.29, 0.717) is 21.3 Å². The maximum absolute atomic E-state index is 13.1. The number of halogens is 1. The van der Waals surface area contributed by atoms with Crippen molar-refractivity contribution in [3.8, 4) is 11.1 Å². The van der Waals surface area contributed by atoms with Gasteiger partial charge in [0.25, 0.3) is 5.56 Å². The van der Waals surface area contributed by atoms with Gasteiger partial charge in [0.1, 0.15) is 10.6 Å². The van der Waals surface area contributed by atoms with E-state index in [9.17, 15) is 14.0 Å². The van der Waals surface area contributed by atoms with Crippen LogP contribution in [0.1, 0.15) is 19.8 Å². The Morgan fingerprint density at radius 1 is 1.41 bits per heavy atom. The van der Waals surface area contributed by atoms with Gasteiger partial charge in [0.2, 0.25) is 5.91 Å². The van der Waals surface area contributed by atoms with E-state index < -0.39 is 0 Å². The molecule has 2 heterocycles. The normalized spacial score (nSPS) is 15.0. The van der Waals surface area contributed by atoms with Crippen LogP contribution in [0.25, 0.3) is 21.3 Å². The topological polar surface area (TPSA) is 74.8 Å². The van der Waals surface area contributed by atoms with Crippen LogP contribution < -0.4 is 10.9 Å². The minimum absolute atomic E-state index is 0.0553. The summed E-state index contributed by atoms with van der Waals surface area (Å²) in [4.78, 5) is 32.4. The van der Waals surface area contributed by atoms with E-state index in [4.69, 9.17) is 0 Å². The first kappa shape index (κ1) is 18.2. The maximum Gasteiger partial charge on any atom is 0.260 e. The van der Waals surface area contributed by atoms with Crippen LogP contribution in [0.5, 0.6) is 0 Å². The van der Waals surface area contributed by atoms with Crippen LogP contribution in [0.2, 0.25) is 0 Å². The second kappa shape index (κ2) is 7.44. The number of amides is 1. The number of hydrogen-bond acceptors (Lipinski definition) is 5. The molecule has 1 aliphatic carbocycles. The molecule has 5 nitrogen and oxygen atoms in total. The monoisotopic (exact) mass is 403 g/mol. The summed E-state index contributed by atoms with van der Waals surface area (Å²) < 4.78 is 13.1. The molecular weight excluding hydrogens is 385 g/mol.